The van der Waals surface area contributed by atoms with E-state index in [9.17, 15) is 0 Å². The molecule has 0 saturated carbocycles. The van der Waals surface area contributed by atoms with Crippen LogP contribution < -0.4 is 5.32 Å². The zero-order chi connectivity index (χ0) is 10.1. The molecule has 0 radical (unpaired) electrons. The molecule has 1 atom stereocenters. The number of hydrogen-bond donors (Lipinski definition) is 1. The lowest BCUT2D eigenvalue weighted by Gasteiger charge is -2.23. The maximum absolute atomic E-state index is 5.71. The van der Waals surface area contributed by atoms with Gasteiger partial charge in [0.25, 0.3) is 0 Å². The van der Waals surface area contributed by atoms with Crippen LogP contribution in [0.4, 0.5) is 0 Å². The molecule has 0 bridgehead atoms. The number of nitrogens with zero attached hydrogens (tertiary/aromatic N) is 2. The minimum atomic E-state index is 0.121. The topological polar surface area (TPSA) is 38.6 Å². The van der Waals surface area contributed by atoms with Gasteiger partial charge in [0.15, 0.2) is 0 Å². The quantitative estimate of drug-likeness (QED) is 0.751. The Bertz CT molecular complexity index is 460. The lowest BCUT2D eigenvalue weighted by molar-refractivity contribution is 0.0245. The first-order valence-corrected chi connectivity index (χ1v) is 5.19. The van der Waals surface area contributed by atoms with Crippen LogP contribution >= 0.6 is 0 Å². The fourth-order valence-electron chi connectivity index (χ4n) is 1.95. The van der Waals surface area contributed by atoms with Crippen molar-refractivity contribution in [1.82, 2.24) is 14.7 Å². The number of pyridine rings is 1. The van der Waals surface area contributed by atoms with Crippen LogP contribution in [0.3, 0.4) is 0 Å². The SMILES string of the molecule is c1ccn2c(C3CNCCO3)cnc2c1. The van der Waals surface area contributed by atoms with Crippen molar-refractivity contribution in [2.45, 2.75) is 6.10 Å². The third-order valence-corrected chi connectivity index (χ3v) is 2.70. The standard InChI is InChI=1S/C11H13N3O/c1-2-5-14-9(7-13-11(14)3-1)10-8-12-4-6-15-10/h1-3,5,7,10,12H,4,6,8H2. The first-order valence-electron chi connectivity index (χ1n) is 5.19. The molecule has 0 aromatic carbocycles. The van der Waals surface area contributed by atoms with E-state index in [0.29, 0.717) is 0 Å². The third kappa shape index (κ3) is 1.52. The molecular weight excluding hydrogens is 190 g/mol. The van der Waals surface area contributed by atoms with Gasteiger partial charge >= 0.3 is 0 Å². The molecule has 1 saturated heterocycles. The van der Waals surface area contributed by atoms with Crippen LogP contribution in [0.25, 0.3) is 5.65 Å². The normalized spacial score (nSPS) is 22.0. The molecule has 1 fully saturated rings. The summed E-state index contributed by atoms with van der Waals surface area (Å²) in [7, 11) is 0. The molecule has 3 rings (SSSR count). The second-order valence-electron chi connectivity index (χ2n) is 3.68. The Kier molecular flexibility index (Phi) is 2.16. The van der Waals surface area contributed by atoms with E-state index in [-0.39, 0.29) is 6.10 Å². The van der Waals surface area contributed by atoms with E-state index in [2.05, 4.69) is 14.7 Å². The zero-order valence-corrected chi connectivity index (χ0v) is 8.39. The third-order valence-electron chi connectivity index (χ3n) is 2.70. The molecule has 15 heavy (non-hydrogen) atoms. The first-order chi connectivity index (χ1) is 7.45. The van der Waals surface area contributed by atoms with Gasteiger partial charge in [0.1, 0.15) is 11.8 Å². The van der Waals surface area contributed by atoms with Crippen LogP contribution in [-0.4, -0.2) is 29.1 Å². The second-order valence-corrected chi connectivity index (χ2v) is 3.68. The summed E-state index contributed by atoms with van der Waals surface area (Å²) in [4.78, 5) is 4.35. The fraction of sp³-hybridized carbons (Fsp3) is 0.364. The molecule has 1 unspecified atom stereocenters. The number of fused-ring (bicyclic) bond motifs is 1. The Morgan fingerprint density at radius 3 is 3.33 bits per heavy atom. The smallest absolute Gasteiger partial charge is 0.136 e. The minimum absolute atomic E-state index is 0.121. The highest BCUT2D eigenvalue weighted by atomic mass is 16.5. The van der Waals surface area contributed by atoms with Gasteiger partial charge in [-0.3, -0.25) is 0 Å². The molecule has 0 aliphatic carbocycles. The average molecular weight is 203 g/mol. The zero-order valence-electron chi connectivity index (χ0n) is 8.39. The highest BCUT2D eigenvalue weighted by molar-refractivity contribution is 5.40. The molecule has 1 aliphatic heterocycles. The Labute approximate surface area is 87.9 Å². The molecule has 3 heterocycles. The van der Waals surface area contributed by atoms with Crippen molar-refractivity contribution in [1.29, 1.82) is 0 Å². The maximum Gasteiger partial charge on any atom is 0.136 e. The van der Waals surface area contributed by atoms with E-state index in [4.69, 9.17) is 4.74 Å². The fourth-order valence-corrected chi connectivity index (χ4v) is 1.95. The van der Waals surface area contributed by atoms with Crippen LogP contribution in [0.15, 0.2) is 30.6 Å². The molecule has 1 aliphatic rings. The Morgan fingerprint density at radius 1 is 1.47 bits per heavy atom. The van der Waals surface area contributed by atoms with E-state index < -0.39 is 0 Å². The summed E-state index contributed by atoms with van der Waals surface area (Å²) >= 11 is 0. The minimum Gasteiger partial charge on any atom is -0.369 e. The lowest BCUT2D eigenvalue weighted by Crippen LogP contribution is -2.33. The Balaban J connectivity index is 2.02. The van der Waals surface area contributed by atoms with Crippen molar-refractivity contribution in [3.63, 3.8) is 0 Å². The number of aromatic nitrogens is 2. The van der Waals surface area contributed by atoms with Gasteiger partial charge in [0, 0.05) is 19.3 Å². The number of rotatable bonds is 1. The van der Waals surface area contributed by atoms with Crippen LogP contribution in [0.5, 0.6) is 0 Å². The van der Waals surface area contributed by atoms with Crippen molar-refractivity contribution in [3.05, 3.63) is 36.3 Å². The summed E-state index contributed by atoms with van der Waals surface area (Å²) in [5, 5.41) is 3.32. The van der Waals surface area contributed by atoms with Crippen molar-refractivity contribution in [2.24, 2.45) is 0 Å². The van der Waals surface area contributed by atoms with Crippen molar-refractivity contribution in [2.75, 3.05) is 19.7 Å². The van der Waals surface area contributed by atoms with Gasteiger partial charge in [-0.15, -0.1) is 0 Å². The van der Waals surface area contributed by atoms with E-state index in [1.165, 1.54) is 0 Å². The van der Waals surface area contributed by atoms with Crippen molar-refractivity contribution < 1.29 is 4.74 Å². The Morgan fingerprint density at radius 2 is 2.47 bits per heavy atom. The number of nitrogens with one attached hydrogen (secondary N) is 1. The summed E-state index contributed by atoms with van der Waals surface area (Å²) in [6.45, 7) is 2.57. The van der Waals surface area contributed by atoms with Crippen molar-refractivity contribution in [3.8, 4) is 0 Å². The molecule has 2 aromatic heterocycles. The van der Waals surface area contributed by atoms with Crippen LogP contribution in [0, 0.1) is 0 Å². The lowest BCUT2D eigenvalue weighted by atomic mass is 10.2. The molecule has 4 nitrogen and oxygen atoms in total. The average Bonchev–Trinajstić information content (AvgIpc) is 2.74. The summed E-state index contributed by atoms with van der Waals surface area (Å²) in [6.07, 6.45) is 4.04. The summed E-state index contributed by atoms with van der Waals surface area (Å²) in [5.74, 6) is 0. The van der Waals surface area contributed by atoms with Gasteiger partial charge in [-0.05, 0) is 12.1 Å². The van der Waals surface area contributed by atoms with Gasteiger partial charge in [-0.25, -0.2) is 4.98 Å². The highest BCUT2D eigenvalue weighted by Crippen LogP contribution is 2.19. The summed E-state index contributed by atoms with van der Waals surface area (Å²) < 4.78 is 7.79. The van der Waals surface area contributed by atoms with Crippen LogP contribution in [0.1, 0.15) is 11.8 Å². The maximum atomic E-state index is 5.71. The van der Waals surface area contributed by atoms with Gasteiger partial charge < -0.3 is 14.5 Å². The largest absolute Gasteiger partial charge is 0.369 e. The highest BCUT2D eigenvalue weighted by Gasteiger charge is 2.18. The van der Waals surface area contributed by atoms with E-state index >= 15 is 0 Å². The molecular formula is C11H13N3O. The number of ether oxygens (including phenoxy) is 1. The number of hydrogen-bond acceptors (Lipinski definition) is 3. The van der Waals surface area contributed by atoms with Crippen molar-refractivity contribution >= 4 is 5.65 Å². The summed E-state index contributed by atoms with van der Waals surface area (Å²) in [6, 6.07) is 6.00. The van der Waals surface area contributed by atoms with E-state index in [1.807, 2.05) is 30.6 Å². The molecule has 0 amide bonds. The Hall–Kier alpha value is -1.39. The summed E-state index contributed by atoms with van der Waals surface area (Å²) in [5.41, 5.74) is 2.10. The molecule has 2 aromatic rings. The van der Waals surface area contributed by atoms with E-state index in [1.54, 1.807) is 0 Å². The van der Waals surface area contributed by atoms with Gasteiger partial charge in [-0.1, -0.05) is 6.07 Å². The number of morpholine rings is 1. The first kappa shape index (κ1) is 8.88. The predicted molar refractivity (Wildman–Crippen MR) is 56.8 cm³/mol. The second kappa shape index (κ2) is 3.64. The van der Waals surface area contributed by atoms with Gasteiger partial charge in [0.2, 0.25) is 0 Å². The monoisotopic (exact) mass is 203 g/mol. The molecule has 1 N–H and O–H groups in total. The molecule has 78 valence electrons. The van der Waals surface area contributed by atoms with E-state index in [0.717, 1.165) is 31.0 Å². The predicted octanol–water partition coefficient (Wildman–Crippen LogP) is 0.995. The molecule has 4 heteroatoms. The van der Waals surface area contributed by atoms with Gasteiger partial charge in [0.05, 0.1) is 18.5 Å². The van der Waals surface area contributed by atoms with Crippen LogP contribution in [0.2, 0.25) is 0 Å². The molecule has 0 spiro atoms. The number of imidazole rings is 1. The van der Waals surface area contributed by atoms with Crippen LogP contribution in [-0.2, 0) is 4.74 Å². The van der Waals surface area contributed by atoms with Gasteiger partial charge in [-0.2, -0.15) is 0 Å².